The molecule has 84 valence electrons. The van der Waals surface area contributed by atoms with Gasteiger partial charge in [-0.2, -0.15) is 0 Å². The van der Waals surface area contributed by atoms with Crippen molar-refractivity contribution in [3.05, 3.63) is 23.7 Å². The molecule has 0 saturated heterocycles. The number of ether oxygens (including phenoxy) is 1. The molecular formula is C9H13BrN2O2S. The van der Waals surface area contributed by atoms with Crippen LogP contribution in [0.4, 0.5) is 5.13 Å². The van der Waals surface area contributed by atoms with Crippen molar-refractivity contribution < 1.29 is 31.1 Å². The van der Waals surface area contributed by atoms with Gasteiger partial charge < -0.3 is 21.7 Å². The van der Waals surface area contributed by atoms with Crippen molar-refractivity contribution >= 4 is 22.4 Å². The average molecular weight is 293 g/mol. The average Bonchev–Trinajstić information content (AvgIpc) is 2.50. The zero-order valence-corrected chi connectivity index (χ0v) is 10.8. The van der Waals surface area contributed by atoms with Crippen LogP contribution in [0.25, 0.3) is 0 Å². The topological polar surface area (TPSA) is 56.2 Å². The van der Waals surface area contributed by atoms with Gasteiger partial charge >= 0.3 is 11.1 Å². The van der Waals surface area contributed by atoms with E-state index in [1.54, 1.807) is 22.9 Å². The van der Waals surface area contributed by atoms with Gasteiger partial charge in [-0.15, -0.1) is 0 Å². The second-order valence-electron chi connectivity index (χ2n) is 2.58. The number of hydrogen-bond donors (Lipinski definition) is 1. The van der Waals surface area contributed by atoms with E-state index in [0.29, 0.717) is 24.0 Å². The molecule has 1 heterocycles. The van der Waals surface area contributed by atoms with Crippen LogP contribution >= 0.6 is 11.3 Å². The molecule has 2 N–H and O–H groups in total. The normalized spacial score (nSPS) is 9.13. The van der Waals surface area contributed by atoms with Crippen LogP contribution in [0.1, 0.15) is 17.4 Å². The summed E-state index contributed by atoms with van der Waals surface area (Å²) < 4.78 is 6.56. The quantitative estimate of drug-likeness (QED) is 0.396. The third kappa shape index (κ3) is 3.32. The number of nitrogens with two attached hydrogens (primary N) is 1. The molecule has 0 fully saturated rings. The van der Waals surface area contributed by atoms with Gasteiger partial charge in [-0.05, 0) is 6.92 Å². The van der Waals surface area contributed by atoms with Gasteiger partial charge in [0.05, 0.1) is 12.0 Å². The lowest BCUT2D eigenvalue weighted by molar-refractivity contribution is -0.670. The second-order valence-corrected chi connectivity index (χ2v) is 3.47. The number of aromatic nitrogens is 1. The van der Waals surface area contributed by atoms with Crippen LogP contribution in [0.3, 0.4) is 0 Å². The van der Waals surface area contributed by atoms with Gasteiger partial charge in [-0.3, -0.25) is 5.73 Å². The van der Waals surface area contributed by atoms with Gasteiger partial charge in [0.15, 0.2) is 0 Å². The first-order valence-electron chi connectivity index (χ1n) is 4.25. The van der Waals surface area contributed by atoms with Gasteiger partial charge in [0, 0.05) is 0 Å². The first-order valence-corrected chi connectivity index (χ1v) is 5.13. The van der Waals surface area contributed by atoms with E-state index >= 15 is 0 Å². The first-order chi connectivity index (χ1) is 6.70. The maximum absolute atomic E-state index is 11.4. The lowest BCUT2D eigenvalue weighted by Crippen LogP contribution is -3.00. The van der Waals surface area contributed by atoms with E-state index < -0.39 is 0 Å². The van der Waals surface area contributed by atoms with Crippen LogP contribution < -0.4 is 27.3 Å². The Labute approximate surface area is 103 Å². The summed E-state index contributed by atoms with van der Waals surface area (Å²) in [7, 11) is 0. The Balaban J connectivity index is 0.00000196. The van der Waals surface area contributed by atoms with Crippen molar-refractivity contribution in [2.45, 2.75) is 13.5 Å². The van der Waals surface area contributed by atoms with Crippen molar-refractivity contribution in [1.29, 1.82) is 0 Å². The Morgan fingerprint density at radius 2 is 2.47 bits per heavy atom. The molecule has 1 aromatic heterocycles. The number of thiazole rings is 1. The fourth-order valence-corrected chi connectivity index (χ4v) is 1.80. The third-order valence-electron chi connectivity index (χ3n) is 1.64. The smallest absolute Gasteiger partial charge is 0.379 e. The van der Waals surface area contributed by atoms with E-state index in [0.717, 1.165) is 0 Å². The minimum atomic E-state index is -0.345. The van der Waals surface area contributed by atoms with Crippen LogP contribution in [0.5, 0.6) is 0 Å². The summed E-state index contributed by atoms with van der Waals surface area (Å²) >= 11 is 1.32. The first kappa shape index (κ1) is 14.1. The van der Waals surface area contributed by atoms with Gasteiger partial charge in [0.2, 0.25) is 5.69 Å². The van der Waals surface area contributed by atoms with Gasteiger partial charge in [-0.1, -0.05) is 24.0 Å². The predicted octanol–water partition coefficient (Wildman–Crippen LogP) is -2.02. The van der Waals surface area contributed by atoms with Crippen molar-refractivity contribution in [1.82, 2.24) is 0 Å². The number of halogens is 1. The lowest BCUT2D eigenvalue weighted by Gasteiger charge is -2.00. The molecule has 0 radical (unpaired) electrons. The maximum atomic E-state index is 11.4. The van der Waals surface area contributed by atoms with Crippen LogP contribution in [0.2, 0.25) is 0 Å². The van der Waals surface area contributed by atoms with E-state index in [1.807, 2.05) is 0 Å². The van der Waals surface area contributed by atoms with Gasteiger partial charge in [-0.25, -0.2) is 9.36 Å². The molecule has 0 unspecified atom stereocenters. The summed E-state index contributed by atoms with van der Waals surface area (Å²) in [4.78, 5) is 11.4. The molecule has 6 heteroatoms. The molecule has 0 spiro atoms. The minimum absolute atomic E-state index is 0. The van der Waals surface area contributed by atoms with Crippen molar-refractivity contribution in [3.8, 4) is 0 Å². The van der Waals surface area contributed by atoms with Gasteiger partial charge in [0.1, 0.15) is 6.54 Å². The zero-order chi connectivity index (χ0) is 10.6. The molecule has 1 aromatic rings. The number of nitrogens with zero attached hydrogens (tertiary/aromatic N) is 1. The molecule has 0 aliphatic heterocycles. The fourth-order valence-electron chi connectivity index (χ4n) is 1.04. The van der Waals surface area contributed by atoms with Crippen molar-refractivity contribution in [2.24, 2.45) is 0 Å². The molecule has 0 amide bonds. The zero-order valence-electron chi connectivity index (χ0n) is 8.40. The number of nitrogen functional groups attached to an aromatic ring is 1. The molecule has 0 aliphatic rings. The lowest BCUT2D eigenvalue weighted by atomic mass is 10.4. The number of rotatable bonds is 4. The predicted molar refractivity (Wildman–Crippen MR) is 55.1 cm³/mol. The summed E-state index contributed by atoms with van der Waals surface area (Å²) in [6.45, 7) is 6.25. The van der Waals surface area contributed by atoms with Crippen molar-refractivity contribution in [3.63, 3.8) is 0 Å². The number of carbonyl (C=O) groups excluding carboxylic acids is 1. The van der Waals surface area contributed by atoms with E-state index in [4.69, 9.17) is 10.5 Å². The Morgan fingerprint density at radius 1 is 1.80 bits per heavy atom. The van der Waals surface area contributed by atoms with Crippen LogP contribution in [-0.4, -0.2) is 12.6 Å². The number of esters is 1. The number of anilines is 1. The highest BCUT2D eigenvalue weighted by Crippen LogP contribution is 2.10. The standard InChI is InChI=1S/C9H12N2O2S.BrH/c1-3-5-11-7(6-14-9(11)10)8(12)13-4-2;/h3,6,10H,1,4-5H2,2H3;1H. The molecule has 0 aromatic carbocycles. The third-order valence-corrected chi connectivity index (χ3v) is 2.45. The Hall–Kier alpha value is -0.880. The minimum Gasteiger partial charge on any atom is -1.00 e. The Bertz CT molecular complexity index is 352. The van der Waals surface area contributed by atoms with Crippen LogP contribution in [0.15, 0.2) is 18.0 Å². The SMILES string of the molecule is C=CC[n+]1c(C(=O)OCC)csc1N.[Br-]. The molecular weight excluding hydrogens is 280 g/mol. The summed E-state index contributed by atoms with van der Waals surface area (Å²) in [5.74, 6) is -0.345. The highest BCUT2D eigenvalue weighted by molar-refractivity contribution is 7.13. The Kier molecular flexibility index (Phi) is 6.19. The summed E-state index contributed by atoms with van der Waals surface area (Å²) in [6.07, 6.45) is 1.69. The molecule has 0 atom stereocenters. The van der Waals surface area contributed by atoms with Crippen LogP contribution in [0, 0.1) is 0 Å². The van der Waals surface area contributed by atoms with E-state index in [2.05, 4.69) is 6.58 Å². The summed E-state index contributed by atoms with van der Waals surface area (Å²) in [5, 5.41) is 2.27. The second kappa shape index (κ2) is 6.58. The highest BCUT2D eigenvalue weighted by atomic mass is 79.9. The monoisotopic (exact) mass is 292 g/mol. The Morgan fingerprint density at radius 3 is 3.00 bits per heavy atom. The van der Waals surface area contributed by atoms with Crippen LogP contribution in [-0.2, 0) is 11.3 Å². The summed E-state index contributed by atoms with van der Waals surface area (Å²) in [6, 6.07) is 0. The molecule has 1 rings (SSSR count). The van der Waals surface area contributed by atoms with E-state index in [1.165, 1.54) is 11.3 Å². The molecule has 15 heavy (non-hydrogen) atoms. The largest absolute Gasteiger partial charge is 1.00 e. The summed E-state index contributed by atoms with van der Waals surface area (Å²) in [5.41, 5.74) is 6.17. The number of allylic oxidation sites excluding steroid dienone is 1. The molecule has 0 bridgehead atoms. The van der Waals surface area contributed by atoms with Gasteiger partial charge in [0.25, 0.3) is 0 Å². The van der Waals surface area contributed by atoms with E-state index in [-0.39, 0.29) is 23.0 Å². The number of hydrogen-bond acceptors (Lipinski definition) is 4. The highest BCUT2D eigenvalue weighted by Gasteiger charge is 2.20. The number of carbonyl (C=O) groups is 1. The molecule has 4 nitrogen and oxygen atoms in total. The fraction of sp³-hybridized carbons (Fsp3) is 0.333. The maximum Gasteiger partial charge on any atom is 0.379 e. The van der Waals surface area contributed by atoms with E-state index in [9.17, 15) is 4.79 Å². The molecule has 0 saturated carbocycles. The molecule has 0 aliphatic carbocycles. The van der Waals surface area contributed by atoms with Crippen molar-refractivity contribution in [2.75, 3.05) is 12.3 Å².